The SMILES string of the molecule is COc1ccc2c3c1cccc3c1cc3nc1c2c1ccc([nH]1)c(-c1c(C)cc(C)cc1C)c1nc(c(-c2ccc(C(=O)O)cc2)c2ccc([nH]2)c3-c2c(C)cc(C)cc2C)C=C1. The minimum atomic E-state index is -0.972. The van der Waals surface area contributed by atoms with Crippen molar-refractivity contribution in [3.8, 4) is 39.1 Å². The number of hydrogen-bond acceptors (Lipinski definition) is 4. The average Bonchev–Trinajstić information content (AvgIpc) is 4.09. The maximum absolute atomic E-state index is 12.0. The third-order valence-electron chi connectivity index (χ3n) is 12.9. The minimum Gasteiger partial charge on any atom is -0.496 e. The fourth-order valence-corrected chi connectivity index (χ4v) is 10.5. The minimum absolute atomic E-state index is 0.221. The standard InChI is InChI=1S/C56H44N4O3/c1-28-23-30(3)48(31(4)24-28)53-43-19-16-40(57-43)50(34-11-13-35(14-12-34)56(61)62)41-17-20-45(58-41)54(49-32(5)25-29(2)26-33(49)6)46-27-39-36-9-8-10-37-47(63-7)22-15-38(51(36)37)52(55(39)60-46)42-18-21-44(53)59-42/h8-27,58-59H,1-7H3,(H,61,62). The summed E-state index contributed by atoms with van der Waals surface area (Å²) >= 11 is 0. The van der Waals surface area contributed by atoms with Gasteiger partial charge < -0.3 is 19.8 Å². The first kappa shape index (κ1) is 38.2. The Balaban J connectivity index is 1.41. The van der Waals surface area contributed by atoms with Crippen molar-refractivity contribution in [2.75, 3.05) is 7.11 Å². The van der Waals surface area contributed by atoms with Crippen molar-refractivity contribution >= 4 is 83.5 Å². The highest BCUT2D eigenvalue weighted by atomic mass is 16.5. The van der Waals surface area contributed by atoms with Gasteiger partial charge in [-0.15, -0.1) is 0 Å². The first-order chi connectivity index (χ1) is 30.5. The lowest BCUT2D eigenvalue weighted by Gasteiger charge is -2.13. The molecule has 1 aliphatic rings. The molecule has 0 spiro atoms. The lowest BCUT2D eigenvalue weighted by atomic mass is 9.92. The van der Waals surface area contributed by atoms with E-state index in [0.29, 0.717) is 0 Å². The van der Waals surface area contributed by atoms with Crippen molar-refractivity contribution in [2.24, 2.45) is 0 Å². The number of nitrogens with one attached hydrogen (secondary N) is 2. The number of nitrogens with zero attached hydrogens (tertiary/aromatic N) is 2. The molecular formula is C56H44N4O3. The summed E-state index contributed by atoms with van der Waals surface area (Å²) in [5, 5.41) is 16.3. The van der Waals surface area contributed by atoms with Crippen molar-refractivity contribution in [3.05, 3.63) is 160 Å². The van der Waals surface area contributed by atoms with E-state index in [2.05, 4.69) is 149 Å². The van der Waals surface area contributed by atoms with Crippen LogP contribution in [0.3, 0.4) is 0 Å². The molecule has 0 unspecified atom stereocenters. The zero-order chi connectivity index (χ0) is 43.4. The Kier molecular flexibility index (Phi) is 8.57. The fraction of sp³-hybridized carbons (Fsp3) is 0.125. The smallest absolute Gasteiger partial charge is 0.335 e. The van der Waals surface area contributed by atoms with E-state index in [1.807, 2.05) is 12.1 Å². The van der Waals surface area contributed by atoms with Crippen LogP contribution < -0.4 is 4.74 Å². The highest BCUT2D eigenvalue weighted by molar-refractivity contribution is 6.33. The van der Waals surface area contributed by atoms with Crippen LogP contribution in [0.2, 0.25) is 0 Å². The number of H-pyrrole nitrogens is 2. The fourth-order valence-electron chi connectivity index (χ4n) is 10.5. The zero-order valence-electron chi connectivity index (χ0n) is 36.2. The van der Waals surface area contributed by atoms with E-state index in [9.17, 15) is 9.90 Å². The monoisotopic (exact) mass is 820 g/mol. The summed E-state index contributed by atoms with van der Waals surface area (Å²) in [5.41, 5.74) is 20.2. The van der Waals surface area contributed by atoms with Gasteiger partial charge in [0.15, 0.2) is 0 Å². The number of carboxylic acid groups (broad SMARTS) is 1. The molecule has 11 rings (SSSR count). The number of ether oxygens (including phenoxy) is 1. The number of aryl methyl sites for hydroxylation is 6. The molecule has 63 heavy (non-hydrogen) atoms. The maximum atomic E-state index is 12.0. The summed E-state index contributed by atoms with van der Waals surface area (Å²) < 4.78 is 5.97. The summed E-state index contributed by atoms with van der Waals surface area (Å²) in [5.74, 6) is -0.148. The van der Waals surface area contributed by atoms with Crippen LogP contribution in [0, 0.1) is 41.5 Å². The van der Waals surface area contributed by atoms with Crippen molar-refractivity contribution in [1.29, 1.82) is 0 Å². The number of aromatic carboxylic acids is 1. The molecule has 10 aromatic rings. The van der Waals surface area contributed by atoms with Gasteiger partial charge in [-0.2, -0.15) is 0 Å². The normalized spacial score (nSPS) is 12.1. The van der Waals surface area contributed by atoms with Gasteiger partial charge in [0.2, 0.25) is 0 Å². The van der Waals surface area contributed by atoms with Crippen LogP contribution >= 0.6 is 0 Å². The van der Waals surface area contributed by atoms with E-state index in [-0.39, 0.29) is 5.56 Å². The molecule has 6 aromatic carbocycles. The molecule has 0 saturated carbocycles. The summed E-state index contributed by atoms with van der Waals surface area (Å²) in [7, 11) is 1.73. The van der Waals surface area contributed by atoms with Gasteiger partial charge in [0.1, 0.15) is 5.75 Å². The largest absolute Gasteiger partial charge is 0.496 e. The Morgan fingerprint density at radius 2 is 1.08 bits per heavy atom. The topological polar surface area (TPSA) is 104 Å². The number of rotatable bonds is 5. The number of carboxylic acids is 1. The van der Waals surface area contributed by atoms with Crippen molar-refractivity contribution in [2.45, 2.75) is 41.5 Å². The van der Waals surface area contributed by atoms with E-state index in [0.717, 1.165) is 138 Å². The quantitative estimate of drug-likeness (QED) is 0.160. The second-order valence-electron chi connectivity index (χ2n) is 17.2. The van der Waals surface area contributed by atoms with Crippen LogP contribution in [0.5, 0.6) is 5.75 Å². The molecule has 8 bridgehead atoms. The van der Waals surface area contributed by atoms with Gasteiger partial charge in [-0.1, -0.05) is 65.7 Å². The Morgan fingerprint density at radius 1 is 0.524 bits per heavy atom. The first-order valence-electron chi connectivity index (χ1n) is 21.3. The summed E-state index contributed by atoms with van der Waals surface area (Å²) in [6.45, 7) is 13.0. The molecule has 306 valence electrons. The number of fused-ring (bicyclic) bond motifs is 10. The lowest BCUT2D eigenvalue weighted by molar-refractivity contribution is 0.0697. The Morgan fingerprint density at radius 3 is 1.71 bits per heavy atom. The summed E-state index contributed by atoms with van der Waals surface area (Å²) in [6.07, 6.45) is 4.18. The van der Waals surface area contributed by atoms with E-state index in [1.165, 1.54) is 11.1 Å². The van der Waals surface area contributed by atoms with Crippen molar-refractivity contribution in [1.82, 2.24) is 19.9 Å². The number of aromatic nitrogens is 4. The molecular weight excluding hydrogens is 777 g/mol. The van der Waals surface area contributed by atoms with Crippen molar-refractivity contribution < 1.29 is 14.6 Å². The van der Waals surface area contributed by atoms with Crippen LogP contribution in [0.15, 0.2) is 109 Å². The van der Waals surface area contributed by atoms with Crippen LogP contribution in [0.4, 0.5) is 0 Å². The second-order valence-corrected chi connectivity index (χ2v) is 17.2. The predicted octanol–water partition coefficient (Wildman–Crippen LogP) is 14.2. The van der Waals surface area contributed by atoms with Gasteiger partial charge in [-0.25, -0.2) is 14.8 Å². The van der Waals surface area contributed by atoms with Gasteiger partial charge in [-0.3, -0.25) is 0 Å². The summed E-state index contributed by atoms with van der Waals surface area (Å²) in [6, 6.07) is 37.6. The Labute approximate surface area is 364 Å². The molecule has 0 aliphatic carbocycles. The molecule has 3 N–H and O–H groups in total. The highest BCUT2D eigenvalue weighted by Gasteiger charge is 2.23. The molecule has 1 aliphatic heterocycles. The summed E-state index contributed by atoms with van der Waals surface area (Å²) in [4.78, 5) is 31.0. The zero-order valence-corrected chi connectivity index (χ0v) is 36.2. The van der Waals surface area contributed by atoms with Crippen LogP contribution in [-0.4, -0.2) is 38.1 Å². The molecule has 0 atom stereocenters. The van der Waals surface area contributed by atoms with Crippen LogP contribution in [0.1, 0.15) is 55.1 Å². The number of benzene rings is 6. The van der Waals surface area contributed by atoms with E-state index in [1.54, 1.807) is 19.2 Å². The van der Waals surface area contributed by atoms with Crippen LogP contribution in [-0.2, 0) is 0 Å². The molecule has 0 radical (unpaired) electrons. The van der Waals surface area contributed by atoms with Gasteiger partial charge in [0.25, 0.3) is 0 Å². The molecule has 0 amide bonds. The highest BCUT2D eigenvalue weighted by Crippen LogP contribution is 2.45. The van der Waals surface area contributed by atoms with E-state index >= 15 is 0 Å². The third-order valence-corrected chi connectivity index (χ3v) is 12.9. The predicted molar refractivity (Wildman–Crippen MR) is 261 cm³/mol. The second kappa shape index (κ2) is 14.1. The molecule has 7 nitrogen and oxygen atoms in total. The first-order valence-corrected chi connectivity index (χ1v) is 21.3. The number of methoxy groups -OCH3 is 1. The number of carbonyl (C=O) groups is 1. The average molecular weight is 821 g/mol. The van der Waals surface area contributed by atoms with E-state index in [4.69, 9.17) is 14.7 Å². The molecule has 4 aromatic heterocycles. The Hall–Kier alpha value is -7.77. The maximum Gasteiger partial charge on any atom is 0.335 e. The third kappa shape index (κ3) is 5.91. The number of aromatic amines is 2. The van der Waals surface area contributed by atoms with Gasteiger partial charge in [-0.05, 0) is 158 Å². The molecule has 0 fully saturated rings. The lowest BCUT2D eigenvalue weighted by Crippen LogP contribution is -1.96. The van der Waals surface area contributed by atoms with E-state index < -0.39 is 5.97 Å². The van der Waals surface area contributed by atoms with Crippen molar-refractivity contribution in [3.63, 3.8) is 0 Å². The van der Waals surface area contributed by atoms with Gasteiger partial charge in [0.05, 0.1) is 35.1 Å². The molecule has 7 heteroatoms. The van der Waals surface area contributed by atoms with Crippen LogP contribution in [0.25, 0.3) is 111 Å². The van der Waals surface area contributed by atoms with Gasteiger partial charge in [0, 0.05) is 60.3 Å². The Bertz CT molecular complexity index is 3710. The van der Waals surface area contributed by atoms with Gasteiger partial charge >= 0.3 is 5.97 Å². The molecule has 5 heterocycles. The molecule has 0 saturated heterocycles. The number of hydrogen-bond donors (Lipinski definition) is 3.